The van der Waals surface area contributed by atoms with Crippen LogP contribution < -0.4 is 5.32 Å². The average Bonchev–Trinajstić information content (AvgIpc) is 2.85. The molecular formula is C18H21N3. The van der Waals surface area contributed by atoms with Crippen LogP contribution in [0.2, 0.25) is 0 Å². The number of aromatic nitrogens is 1. The van der Waals surface area contributed by atoms with Crippen molar-refractivity contribution in [2.24, 2.45) is 16.7 Å². The molecule has 3 heteroatoms. The Kier molecular flexibility index (Phi) is 2.95. The number of nitrogens with zero attached hydrogens (tertiary/aromatic N) is 2. The highest BCUT2D eigenvalue weighted by molar-refractivity contribution is 5.82. The number of hydrogen-bond donors (Lipinski definition) is 1. The van der Waals surface area contributed by atoms with Crippen LogP contribution in [0.1, 0.15) is 33.3 Å². The van der Waals surface area contributed by atoms with Gasteiger partial charge in [-0.3, -0.25) is 0 Å². The van der Waals surface area contributed by atoms with E-state index in [9.17, 15) is 5.26 Å². The molecule has 0 unspecified atom stereocenters. The molecule has 1 aromatic heterocycles. The van der Waals surface area contributed by atoms with Crippen molar-refractivity contribution in [3.8, 4) is 6.07 Å². The lowest BCUT2D eigenvalue weighted by Crippen LogP contribution is -2.10. The molecular weight excluding hydrogens is 258 g/mol. The SMILES string of the molecule is CC1(C)C(CNc2nc3ccccc3cc2C#N)C1(C)C. The van der Waals surface area contributed by atoms with Gasteiger partial charge in [0, 0.05) is 11.9 Å². The summed E-state index contributed by atoms with van der Waals surface area (Å²) in [5.74, 6) is 1.31. The first-order valence-corrected chi connectivity index (χ1v) is 7.41. The fraction of sp³-hybridized carbons (Fsp3) is 0.444. The minimum Gasteiger partial charge on any atom is -0.369 e. The minimum absolute atomic E-state index is 0.337. The van der Waals surface area contributed by atoms with Gasteiger partial charge in [-0.2, -0.15) is 5.26 Å². The van der Waals surface area contributed by atoms with Crippen LogP contribution >= 0.6 is 0 Å². The maximum Gasteiger partial charge on any atom is 0.144 e. The number of pyridine rings is 1. The Morgan fingerprint density at radius 1 is 1.19 bits per heavy atom. The van der Waals surface area contributed by atoms with Gasteiger partial charge in [-0.1, -0.05) is 45.9 Å². The highest BCUT2D eigenvalue weighted by Gasteiger charge is 2.64. The van der Waals surface area contributed by atoms with E-state index in [1.807, 2.05) is 30.3 Å². The molecule has 21 heavy (non-hydrogen) atoms. The number of fused-ring (bicyclic) bond motifs is 1. The zero-order chi connectivity index (χ0) is 15.3. The van der Waals surface area contributed by atoms with Crippen LogP contribution in [0.5, 0.6) is 0 Å². The largest absolute Gasteiger partial charge is 0.369 e. The molecule has 1 saturated carbocycles. The van der Waals surface area contributed by atoms with Crippen LogP contribution in [0.3, 0.4) is 0 Å². The van der Waals surface area contributed by atoms with E-state index in [1.165, 1.54) is 0 Å². The van der Waals surface area contributed by atoms with Gasteiger partial charge in [0.25, 0.3) is 0 Å². The third-order valence-electron chi connectivity index (χ3n) is 5.64. The molecule has 1 fully saturated rings. The van der Waals surface area contributed by atoms with Crippen molar-refractivity contribution in [3.05, 3.63) is 35.9 Å². The number of hydrogen-bond acceptors (Lipinski definition) is 3. The molecule has 1 heterocycles. The lowest BCUT2D eigenvalue weighted by Gasteiger charge is -2.10. The normalized spacial score (nSPS) is 19.2. The van der Waals surface area contributed by atoms with Crippen LogP contribution in [0.4, 0.5) is 5.82 Å². The first-order valence-electron chi connectivity index (χ1n) is 7.41. The third kappa shape index (κ3) is 2.06. The van der Waals surface area contributed by atoms with Crippen molar-refractivity contribution in [3.63, 3.8) is 0 Å². The Hall–Kier alpha value is -2.08. The number of nitrogens with one attached hydrogen (secondary N) is 1. The van der Waals surface area contributed by atoms with E-state index >= 15 is 0 Å². The standard InChI is InChI=1S/C18H21N3/c1-17(2)15(18(17,3)4)11-20-16-13(10-19)9-12-7-5-6-8-14(12)21-16/h5-9,15H,11H2,1-4H3,(H,20,21). The zero-order valence-corrected chi connectivity index (χ0v) is 13.1. The Balaban J connectivity index is 1.86. The predicted octanol–water partition coefficient (Wildman–Crippen LogP) is 4.20. The molecule has 1 N–H and O–H groups in total. The highest BCUT2D eigenvalue weighted by atomic mass is 15.0. The molecule has 0 radical (unpaired) electrons. The Labute approximate surface area is 126 Å². The summed E-state index contributed by atoms with van der Waals surface area (Å²) in [5.41, 5.74) is 2.21. The molecule has 0 bridgehead atoms. The molecule has 0 spiro atoms. The highest BCUT2D eigenvalue weighted by Crippen LogP contribution is 2.68. The molecule has 0 aliphatic heterocycles. The first-order chi connectivity index (χ1) is 9.88. The molecule has 3 nitrogen and oxygen atoms in total. The van der Waals surface area contributed by atoms with E-state index in [-0.39, 0.29) is 0 Å². The quantitative estimate of drug-likeness (QED) is 0.916. The lowest BCUT2D eigenvalue weighted by molar-refractivity contribution is 0.457. The van der Waals surface area contributed by atoms with Crippen LogP contribution in [-0.4, -0.2) is 11.5 Å². The Morgan fingerprint density at radius 2 is 1.86 bits per heavy atom. The van der Waals surface area contributed by atoms with Gasteiger partial charge < -0.3 is 5.32 Å². The van der Waals surface area contributed by atoms with Gasteiger partial charge in [-0.25, -0.2) is 4.98 Å². The topological polar surface area (TPSA) is 48.7 Å². The fourth-order valence-electron chi connectivity index (χ4n) is 3.38. The fourth-order valence-corrected chi connectivity index (χ4v) is 3.38. The van der Waals surface area contributed by atoms with Crippen molar-refractivity contribution < 1.29 is 0 Å². The van der Waals surface area contributed by atoms with Crippen LogP contribution in [-0.2, 0) is 0 Å². The second kappa shape index (κ2) is 4.46. The zero-order valence-electron chi connectivity index (χ0n) is 13.1. The van der Waals surface area contributed by atoms with Crippen molar-refractivity contribution in [2.45, 2.75) is 27.7 Å². The van der Waals surface area contributed by atoms with Gasteiger partial charge in [-0.05, 0) is 28.9 Å². The Bertz CT molecular complexity index is 724. The van der Waals surface area contributed by atoms with Crippen LogP contribution in [0, 0.1) is 28.1 Å². The summed E-state index contributed by atoms with van der Waals surface area (Å²) in [6.07, 6.45) is 0. The molecule has 3 rings (SSSR count). The number of anilines is 1. The van der Waals surface area contributed by atoms with Crippen molar-refractivity contribution in [1.29, 1.82) is 5.26 Å². The van der Waals surface area contributed by atoms with Gasteiger partial charge >= 0.3 is 0 Å². The van der Waals surface area contributed by atoms with E-state index in [0.29, 0.717) is 28.1 Å². The van der Waals surface area contributed by atoms with E-state index in [1.54, 1.807) is 0 Å². The summed E-state index contributed by atoms with van der Waals surface area (Å²) < 4.78 is 0. The number of para-hydroxylation sites is 1. The van der Waals surface area contributed by atoms with Crippen LogP contribution in [0.25, 0.3) is 10.9 Å². The molecule has 0 amide bonds. The third-order valence-corrected chi connectivity index (χ3v) is 5.64. The number of rotatable bonds is 3. The van der Waals surface area contributed by atoms with Gasteiger partial charge in [0.05, 0.1) is 11.1 Å². The van der Waals surface area contributed by atoms with E-state index in [4.69, 9.17) is 0 Å². The van der Waals surface area contributed by atoms with E-state index in [2.05, 4.69) is 44.1 Å². The van der Waals surface area contributed by atoms with Gasteiger partial charge in [-0.15, -0.1) is 0 Å². The summed E-state index contributed by atoms with van der Waals surface area (Å²) >= 11 is 0. The summed E-state index contributed by atoms with van der Waals surface area (Å²) in [6, 6.07) is 12.1. The second-order valence-corrected chi connectivity index (χ2v) is 7.07. The van der Waals surface area contributed by atoms with Crippen LogP contribution in [0.15, 0.2) is 30.3 Å². The predicted molar refractivity (Wildman–Crippen MR) is 86.0 cm³/mol. The molecule has 108 valence electrons. The van der Waals surface area contributed by atoms with Crippen molar-refractivity contribution in [1.82, 2.24) is 4.98 Å². The molecule has 2 aromatic rings. The molecule has 0 saturated heterocycles. The van der Waals surface area contributed by atoms with Crippen molar-refractivity contribution >= 4 is 16.7 Å². The van der Waals surface area contributed by atoms with Crippen molar-refractivity contribution in [2.75, 3.05) is 11.9 Å². The van der Waals surface area contributed by atoms with Gasteiger partial charge in [0.2, 0.25) is 0 Å². The smallest absolute Gasteiger partial charge is 0.144 e. The summed E-state index contributed by atoms with van der Waals surface area (Å²) in [4.78, 5) is 4.61. The second-order valence-electron chi connectivity index (χ2n) is 7.07. The maximum atomic E-state index is 9.33. The maximum absolute atomic E-state index is 9.33. The minimum atomic E-state index is 0.337. The lowest BCUT2D eigenvalue weighted by atomic mass is 10.0. The molecule has 0 atom stereocenters. The average molecular weight is 279 g/mol. The molecule has 1 aliphatic carbocycles. The van der Waals surface area contributed by atoms with E-state index in [0.717, 1.165) is 17.4 Å². The number of benzene rings is 1. The van der Waals surface area contributed by atoms with E-state index < -0.39 is 0 Å². The summed E-state index contributed by atoms with van der Waals surface area (Å²) in [5, 5.41) is 13.7. The number of nitriles is 1. The summed E-state index contributed by atoms with van der Waals surface area (Å²) in [6.45, 7) is 10.1. The molecule has 1 aromatic carbocycles. The van der Waals surface area contributed by atoms with Gasteiger partial charge in [0.15, 0.2) is 0 Å². The molecule has 1 aliphatic rings. The van der Waals surface area contributed by atoms with Gasteiger partial charge in [0.1, 0.15) is 11.9 Å². The summed E-state index contributed by atoms with van der Waals surface area (Å²) in [7, 11) is 0. The first kappa shape index (κ1) is 13.9. The Morgan fingerprint density at radius 3 is 2.48 bits per heavy atom. The monoisotopic (exact) mass is 279 g/mol.